The number of amides is 1. The molecule has 0 saturated carbocycles. The van der Waals surface area contributed by atoms with Crippen molar-refractivity contribution in [3.8, 4) is 0 Å². The van der Waals surface area contributed by atoms with Crippen molar-refractivity contribution in [3.05, 3.63) is 48.0 Å². The fraction of sp³-hybridized carbons (Fsp3) is 0.500. The second-order valence-electron chi connectivity index (χ2n) is 5.65. The molecule has 0 heterocycles. The Morgan fingerprint density at radius 3 is 2.59 bits per heavy atom. The molecule has 0 spiro atoms. The van der Waals surface area contributed by atoms with Crippen molar-refractivity contribution in [3.63, 3.8) is 0 Å². The summed E-state index contributed by atoms with van der Waals surface area (Å²) in [5, 5.41) is 1.17. The normalized spacial score (nSPS) is 13.5. The number of unbranched alkanes of at least 4 members (excludes halogenated alkanes) is 2. The fourth-order valence-electron chi connectivity index (χ4n) is 2.68. The van der Waals surface area contributed by atoms with Crippen LogP contribution in [0.15, 0.2) is 36.9 Å². The number of carbonyl (C=O) groups excluding carboxylic acids is 1. The van der Waals surface area contributed by atoms with Gasteiger partial charge in [-0.25, -0.2) is 5.84 Å². The Hall–Kier alpha value is -1.65. The molecule has 1 aromatic rings. The zero-order chi connectivity index (χ0) is 16.6. The highest BCUT2D eigenvalue weighted by atomic mass is 16.2. The highest BCUT2D eigenvalue weighted by Crippen LogP contribution is 2.29. The number of benzene rings is 1. The lowest BCUT2D eigenvalue weighted by atomic mass is 9.89. The summed E-state index contributed by atoms with van der Waals surface area (Å²) in [5.74, 6) is 5.89. The van der Waals surface area contributed by atoms with Gasteiger partial charge in [-0.15, -0.1) is 6.58 Å². The first kappa shape index (κ1) is 18.4. The molecule has 1 rings (SSSR count). The van der Waals surface area contributed by atoms with Crippen LogP contribution in [0.2, 0.25) is 0 Å². The average molecular weight is 303 g/mol. The van der Waals surface area contributed by atoms with Crippen LogP contribution in [0.4, 0.5) is 0 Å². The van der Waals surface area contributed by atoms with Gasteiger partial charge in [0.1, 0.15) is 5.66 Å². The van der Waals surface area contributed by atoms with Gasteiger partial charge in [0.05, 0.1) is 0 Å². The fourth-order valence-corrected chi connectivity index (χ4v) is 2.68. The Labute approximate surface area is 134 Å². The molecule has 0 radical (unpaired) electrons. The lowest BCUT2D eigenvalue weighted by Gasteiger charge is -2.39. The van der Waals surface area contributed by atoms with Gasteiger partial charge in [-0.3, -0.25) is 9.80 Å². The van der Waals surface area contributed by atoms with Crippen LogP contribution in [0.3, 0.4) is 0 Å². The van der Waals surface area contributed by atoms with Crippen molar-refractivity contribution >= 4 is 5.91 Å². The van der Waals surface area contributed by atoms with Crippen LogP contribution >= 0.6 is 0 Å². The van der Waals surface area contributed by atoms with Gasteiger partial charge in [-0.2, -0.15) is 0 Å². The number of hydrogen-bond donors (Lipinski definition) is 2. The Morgan fingerprint density at radius 2 is 2.00 bits per heavy atom. The topological polar surface area (TPSA) is 72.3 Å². The Balaban J connectivity index is 3.20. The van der Waals surface area contributed by atoms with Crippen molar-refractivity contribution in [1.29, 1.82) is 0 Å². The molecule has 1 atom stereocenters. The van der Waals surface area contributed by atoms with E-state index in [1.807, 2.05) is 18.2 Å². The van der Waals surface area contributed by atoms with Crippen LogP contribution in [-0.4, -0.2) is 10.9 Å². The number of nitrogens with two attached hydrogens (primary N) is 2. The Morgan fingerprint density at radius 1 is 1.32 bits per heavy atom. The van der Waals surface area contributed by atoms with Crippen LogP contribution in [0.5, 0.6) is 0 Å². The SMILES string of the molecule is C=CCC(N)(c1ccccc1CCCCC)N(N)C(=O)CC. The van der Waals surface area contributed by atoms with E-state index in [9.17, 15) is 4.79 Å². The molecule has 4 nitrogen and oxygen atoms in total. The van der Waals surface area contributed by atoms with E-state index in [-0.39, 0.29) is 5.91 Å². The zero-order valence-electron chi connectivity index (χ0n) is 13.8. The number of nitrogens with zero attached hydrogens (tertiary/aromatic N) is 1. The molecule has 1 aromatic carbocycles. The van der Waals surface area contributed by atoms with Crippen LogP contribution in [0.1, 0.15) is 57.1 Å². The number of rotatable bonds is 9. The number of aryl methyl sites for hydroxylation is 1. The third kappa shape index (κ3) is 4.18. The van der Waals surface area contributed by atoms with Crippen LogP contribution in [0.25, 0.3) is 0 Å². The lowest BCUT2D eigenvalue weighted by Crippen LogP contribution is -2.59. The maximum absolute atomic E-state index is 12.1. The van der Waals surface area contributed by atoms with Crippen molar-refractivity contribution < 1.29 is 4.79 Å². The largest absolute Gasteiger partial charge is 0.303 e. The van der Waals surface area contributed by atoms with Gasteiger partial charge < -0.3 is 5.73 Å². The molecule has 4 N–H and O–H groups in total. The summed E-state index contributed by atoms with van der Waals surface area (Å²) >= 11 is 0. The van der Waals surface area contributed by atoms with Gasteiger partial charge >= 0.3 is 0 Å². The van der Waals surface area contributed by atoms with Gasteiger partial charge in [0.2, 0.25) is 5.91 Å². The summed E-state index contributed by atoms with van der Waals surface area (Å²) in [6.45, 7) is 7.73. The minimum Gasteiger partial charge on any atom is -0.303 e. The molecule has 0 aliphatic rings. The Kier molecular flexibility index (Phi) is 7.28. The van der Waals surface area contributed by atoms with E-state index in [0.29, 0.717) is 12.8 Å². The molecular weight excluding hydrogens is 274 g/mol. The minimum absolute atomic E-state index is 0.173. The average Bonchev–Trinajstić information content (AvgIpc) is 2.54. The van der Waals surface area contributed by atoms with Gasteiger partial charge in [0, 0.05) is 12.8 Å². The monoisotopic (exact) mass is 303 g/mol. The van der Waals surface area contributed by atoms with Crippen molar-refractivity contribution in [1.82, 2.24) is 5.01 Å². The van der Waals surface area contributed by atoms with E-state index in [1.54, 1.807) is 13.0 Å². The summed E-state index contributed by atoms with van der Waals surface area (Å²) in [5.41, 5.74) is 7.58. The summed E-state index contributed by atoms with van der Waals surface area (Å²) in [7, 11) is 0. The highest BCUT2D eigenvalue weighted by Gasteiger charge is 2.35. The van der Waals surface area contributed by atoms with E-state index in [0.717, 1.165) is 24.0 Å². The standard InChI is InChI=1S/C18H29N3O/c1-4-7-8-11-15-12-9-10-13-16(15)18(19,14-5-2)21(20)17(22)6-3/h5,9-10,12-13H,2,4,6-8,11,14,19-20H2,1,3H3. The molecule has 0 aromatic heterocycles. The second-order valence-corrected chi connectivity index (χ2v) is 5.65. The van der Waals surface area contributed by atoms with Crippen LogP contribution in [0, 0.1) is 0 Å². The number of hydrazine groups is 1. The first-order valence-electron chi connectivity index (χ1n) is 8.07. The summed E-state index contributed by atoms with van der Waals surface area (Å²) in [6.07, 6.45) is 6.84. The summed E-state index contributed by atoms with van der Waals surface area (Å²) in [4.78, 5) is 12.1. The second kappa shape index (κ2) is 8.71. The maximum atomic E-state index is 12.1. The number of carbonyl (C=O) groups is 1. The third-order valence-corrected chi connectivity index (χ3v) is 3.99. The van der Waals surface area contributed by atoms with Crippen LogP contribution in [-0.2, 0) is 16.9 Å². The predicted octanol–water partition coefficient (Wildman–Crippen LogP) is 3.22. The molecule has 0 fully saturated rings. The number of hydrogen-bond acceptors (Lipinski definition) is 3. The molecule has 22 heavy (non-hydrogen) atoms. The van der Waals surface area contributed by atoms with Crippen molar-refractivity contribution in [2.24, 2.45) is 11.6 Å². The summed E-state index contributed by atoms with van der Waals surface area (Å²) < 4.78 is 0. The van der Waals surface area contributed by atoms with E-state index in [1.165, 1.54) is 17.9 Å². The Bertz CT molecular complexity index is 501. The molecule has 0 aliphatic carbocycles. The van der Waals surface area contributed by atoms with Gasteiger partial charge in [0.15, 0.2) is 0 Å². The smallest absolute Gasteiger partial charge is 0.238 e. The van der Waals surface area contributed by atoms with E-state index < -0.39 is 5.66 Å². The molecule has 0 bridgehead atoms. The molecule has 0 saturated heterocycles. The minimum atomic E-state index is -1.04. The third-order valence-electron chi connectivity index (χ3n) is 3.99. The zero-order valence-corrected chi connectivity index (χ0v) is 13.8. The van der Waals surface area contributed by atoms with E-state index in [2.05, 4.69) is 19.6 Å². The molecule has 1 amide bonds. The summed E-state index contributed by atoms with van der Waals surface area (Å²) in [6, 6.07) is 7.97. The molecule has 0 aliphatic heterocycles. The molecule has 122 valence electrons. The van der Waals surface area contributed by atoms with E-state index >= 15 is 0 Å². The van der Waals surface area contributed by atoms with Gasteiger partial charge in [-0.05, 0) is 24.0 Å². The molecular formula is C18H29N3O. The predicted molar refractivity (Wildman–Crippen MR) is 91.7 cm³/mol. The van der Waals surface area contributed by atoms with Crippen molar-refractivity contribution in [2.75, 3.05) is 0 Å². The maximum Gasteiger partial charge on any atom is 0.238 e. The first-order chi connectivity index (χ1) is 10.5. The first-order valence-corrected chi connectivity index (χ1v) is 8.07. The van der Waals surface area contributed by atoms with Crippen molar-refractivity contribution in [2.45, 2.75) is 58.0 Å². The van der Waals surface area contributed by atoms with Gasteiger partial charge in [0.25, 0.3) is 0 Å². The molecule has 1 unspecified atom stereocenters. The highest BCUT2D eigenvalue weighted by molar-refractivity contribution is 5.76. The lowest BCUT2D eigenvalue weighted by molar-refractivity contribution is -0.138. The van der Waals surface area contributed by atoms with Gasteiger partial charge in [-0.1, -0.05) is 57.0 Å². The van der Waals surface area contributed by atoms with E-state index in [4.69, 9.17) is 11.6 Å². The van der Waals surface area contributed by atoms with Crippen LogP contribution < -0.4 is 11.6 Å². The quantitative estimate of drug-likeness (QED) is 0.184. The molecule has 4 heteroatoms.